The van der Waals surface area contributed by atoms with Crippen LogP contribution in [-0.4, -0.2) is 21.8 Å². The van der Waals surface area contributed by atoms with Gasteiger partial charge in [0.15, 0.2) is 0 Å². The Bertz CT molecular complexity index is 486. The zero-order valence-corrected chi connectivity index (χ0v) is 11.5. The maximum Gasteiger partial charge on any atom is 0.126 e. The highest BCUT2D eigenvalue weighted by molar-refractivity contribution is 7.13. The van der Waals surface area contributed by atoms with Gasteiger partial charge in [0.2, 0.25) is 0 Å². The molecule has 0 aliphatic rings. The molecule has 2 rings (SSSR count). The summed E-state index contributed by atoms with van der Waals surface area (Å²) in [7, 11) is 1.94. The number of nitrogens with one attached hydrogen (secondary N) is 1. The van der Waals surface area contributed by atoms with E-state index >= 15 is 0 Å². The van der Waals surface area contributed by atoms with Crippen LogP contribution in [0.2, 0.25) is 0 Å². The summed E-state index contributed by atoms with van der Waals surface area (Å²) < 4.78 is 1.96. The minimum Gasteiger partial charge on any atom is -0.312 e. The fourth-order valence-corrected chi connectivity index (χ4v) is 2.39. The molecule has 1 N–H and O–H groups in total. The highest BCUT2D eigenvalue weighted by atomic mass is 32.1. The van der Waals surface area contributed by atoms with Gasteiger partial charge in [0.05, 0.1) is 11.9 Å². The smallest absolute Gasteiger partial charge is 0.126 e. The Morgan fingerprint density at radius 2 is 2.12 bits per heavy atom. The first-order chi connectivity index (χ1) is 8.11. The van der Waals surface area contributed by atoms with E-state index in [1.165, 1.54) is 0 Å². The van der Waals surface area contributed by atoms with Gasteiger partial charge in [-0.3, -0.25) is 4.68 Å². The maximum absolute atomic E-state index is 4.63. The van der Waals surface area contributed by atoms with Crippen molar-refractivity contribution in [3.8, 4) is 10.6 Å². The molecule has 0 spiro atoms. The lowest BCUT2D eigenvalue weighted by atomic mass is 10.3. The van der Waals surface area contributed by atoms with Gasteiger partial charge in [-0.1, -0.05) is 0 Å². The monoisotopic (exact) mass is 250 g/mol. The summed E-state index contributed by atoms with van der Waals surface area (Å²) in [5.41, 5.74) is 2.18. The van der Waals surface area contributed by atoms with E-state index in [1.54, 1.807) is 11.3 Å². The molecule has 0 bridgehead atoms. The van der Waals surface area contributed by atoms with Crippen molar-refractivity contribution >= 4 is 11.3 Å². The lowest BCUT2D eigenvalue weighted by Gasteiger charge is -2.04. The van der Waals surface area contributed by atoms with E-state index < -0.39 is 0 Å². The van der Waals surface area contributed by atoms with Gasteiger partial charge in [0.25, 0.3) is 0 Å². The average Bonchev–Trinajstić information content (AvgIpc) is 2.95. The summed E-state index contributed by atoms with van der Waals surface area (Å²) in [5.74, 6) is 0. The number of hydrogen-bond donors (Lipinski definition) is 1. The number of aromatic nitrogens is 3. The van der Waals surface area contributed by atoms with E-state index in [4.69, 9.17) is 0 Å². The first kappa shape index (κ1) is 12.3. The van der Waals surface area contributed by atoms with E-state index in [2.05, 4.69) is 47.7 Å². The number of nitrogens with zero attached hydrogens (tertiary/aromatic N) is 3. The van der Waals surface area contributed by atoms with Gasteiger partial charge in [-0.05, 0) is 27.8 Å². The van der Waals surface area contributed by atoms with Crippen LogP contribution in [0.1, 0.15) is 38.5 Å². The van der Waals surface area contributed by atoms with E-state index in [-0.39, 0.29) is 0 Å². The normalized spacial score (nSPS) is 13.2. The number of hydrogen-bond acceptors (Lipinski definition) is 4. The summed E-state index contributed by atoms with van der Waals surface area (Å²) in [6.07, 6.45) is 3.93. The Labute approximate surface area is 106 Å². The van der Waals surface area contributed by atoms with Crippen LogP contribution >= 0.6 is 11.3 Å². The molecule has 92 valence electrons. The second-order valence-electron chi connectivity index (χ2n) is 4.39. The van der Waals surface area contributed by atoms with Gasteiger partial charge in [0.1, 0.15) is 5.01 Å². The third-order valence-electron chi connectivity index (χ3n) is 2.78. The minimum absolute atomic E-state index is 0.292. The molecule has 0 aromatic carbocycles. The molecular formula is C12H18N4S. The summed E-state index contributed by atoms with van der Waals surface area (Å²) in [5, 5.41) is 10.7. The molecule has 5 heteroatoms. The van der Waals surface area contributed by atoms with Crippen molar-refractivity contribution in [2.45, 2.75) is 32.9 Å². The Kier molecular flexibility index (Phi) is 3.59. The lowest BCUT2D eigenvalue weighted by molar-refractivity contribution is 0.532. The lowest BCUT2D eigenvalue weighted by Crippen LogP contribution is -2.12. The van der Waals surface area contributed by atoms with Crippen molar-refractivity contribution < 1.29 is 0 Å². The second kappa shape index (κ2) is 4.98. The highest BCUT2D eigenvalue weighted by Gasteiger charge is 2.11. The van der Waals surface area contributed by atoms with Crippen LogP contribution in [-0.2, 0) is 0 Å². The van der Waals surface area contributed by atoms with Crippen LogP contribution in [0, 0.1) is 0 Å². The molecule has 1 atom stereocenters. The molecule has 0 radical (unpaired) electrons. The molecule has 0 fully saturated rings. The van der Waals surface area contributed by atoms with Gasteiger partial charge in [-0.25, -0.2) is 4.98 Å². The first-order valence-corrected chi connectivity index (χ1v) is 6.67. The van der Waals surface area contributed by atoms with Gasteiger partial charge >= 0.3 is 0 Å². The zero-order chi connectivity index (χ0) is 12.4. The Morgan fingerprint density at radius 1 is 1.35 bits per heavy atom. The molecule has 0 aliphatic heterocycles. The summed E-state index contributed by atoms with van der Waals surface area (Å²) in [4.78, 5) is 4.63. The van der Waals surface area contributed by atoms with Gasteiger partial charge in [-0.15, -0.1) is 11.3 Å². The fourth-order valence-electron chi connectivity index (χ4n) is 1.50. The molecule has 0 aliphatic carbocycles. The van der Waals surface area contributed by atoms with Gasteiger partial charge in [0, 0.05) is 29.2 Å². The van der Waals surface area contributed by atoms with E-state index in [1.807, 2.05) is 17.9 Å². The Morgan fingerprint density at radius 3 is 2.71 bits per heavy atom. The second-order valence-corrected chi connectivity index (χ2v) is 5.25. The minimum atomic E-state index is 0.292. The van der Waals surface area contributed by atoms with E-state index in [9.17, 15) is 0 Å². The largest absolute Gasteiger partial charge is 0.312 e. The summed E-state index contributed by atoms with van der Waals surface area (Å²) >= 11 is 1.67. The molecule has 2 aromatic heterocycles. The van der Waals surface area contributed by atoms with Crippen LogP contribution in [0.15, 0.2) is 17.8 Å². The topological polar surface area (TPSA) is 42.7 Å². The van der Waals surface area contributed by atoms with Crippen molar-refractivity contribution in [3.63, 3.8) is 0 Å². The molecule has 1 unspecified atom stereocenters. The average molecular weight is 250 g/mol. The van der Waals surface area contributed by atoms with Crippen LogP contribution in [0.3, 0.4) is 0 Å². The Balaban J connectivity index is 2.24. The number of thiazole rings is 1. The molecule has 17 heavy (non-hydrogen) atoms. The third-order valence-corrected chi connectivity index (χ3v) is 3.69. The van der Waals surface area contributed by atoms with Crippen molar-refractivity contribution in [1.82, 2.24) is 20.1 Å². The van der Waals surface area contributed by atoms with Crippen molar-refractivity contribution in [3.05, 3.63) is 23.5 Å². The predicted octanol–water partition coefficient (Wildman–Crippen LogP) is 2.87. The van der Waals surface area contributed by atoms with Crippen LogP contribution in [0.4, 0.5) is 0 Å². The number of rotatable bonds is 4. The highest BCUT2D eigenvalue weighted by Crippen LogP contribution is 2.26. The third kappa shape index (κ3) is 2.56. The molecule has 0 saturated heterocycles. The maximum atomic E-state index is 4.63. The zero-order valence-electron chi connectivity index (χ0n) is 10.6. The quantitative estimate of drug-likeness (QED) is 0.907. The standard InChI is InChI=1S/C12H18N4S/c1-8(2)16-6-10(5-14-16)12-15-11(7-17-12)9(3)13-4/h5-9,13H,1-4H3. The van der Waals surface area contributed by atoms with Gasteiger partial charge in [-0.2, -0.15) is 5.10 Å². The van der Waals surface area contributed by atoms with Crippen molar-refractivity contribution in [1.29, 1.82) is 0 Å². The van der Waals surface area contributed by atoms with Gasteiger partial charge < -0.3 is 5.32 Å². The fraction of sp³-hybridized carbons (Fsp3) is 0.500. The first-order valence-electron chi connectivity index (χ1n) is 5.79. The van der Waals surface area contributed by atoms with E-state index in [0.29, 0.717) is 12.1 Å². The molecule has 0 amide bonds. The summed E-state index contributed by atoms with van der Waals surface area (Å²) in [6, 6.07) is 0.680. The molecular weight excluding hydrogens is 232 g/mol. The van der Waals surface area contributed by atoms with Crippen LogP contribution in [0.25, 0.3) is 10.6 Å². The molecule has 4 nitrogen and oxygen atoms in total. The Hall–Kier alpha value is -1.20. The summed E-state index contributed by atoms with van der Waals surface area (Å²) in [6.45, 7) is 6.34. The van der Waals surface area contributed by atoms with Crippen molar-refractivity contribution in [2.75, 3.05) is 7.05 Å². The van der Waals surface area contributed by atoms with Crippen LogP contribution < -0.4 is 5.32 Å². The molecule has 2 heterocycles. The molecule has 2 aromatic rings. The predicted molar refractivity (Wildman–Crippen MR) is 71.2 cm³/mol. The van der Waals surface area contributed by atoms with Crippen molar-refractivity contribution in [2.24, 2.45) is 0 Å². The molecule has 0 saturated carbocycles. The SMILES string of the molecule is CNC(C)c1csc(-c2cnn(C(C)C)c2)n1. The van der Waals surface area contributed by atoms with E-state index in [0.717, 1.165) is 16.3 Å². The van der Waals surface area contributed by atoms with Crippen LogP contribution in [0.5, 0.6) is 0 Å².